The van der Waals surface area contributed by atoms with Gasteiger partial charge in [-0.2, -0.15) is 0 Å². The van der Waals surface area contributed by atoms with Crippen LogP contribution in [0.15, 0.2) is 126 Å². The molecule has 4 aromatic carbocycles. The lowest BCUT2D eigenvalue weighted by Crippen LogP contribution is -2.66. The van der Waals surface area contributed by atoms with Crippen molar-refractivity contribution in [3.63, 3.8) is 0 Å². The van der Waals surface area contributed by atoms with E-state index in [1.165, 1.54) is 15.3 Å². The van der Waals surface area contributed by atoms with Gasteiger partial charge in [0.1, 0.15) is 5.75 Å². The number of phenols is 1. The molecular weight excluding hydrogens is 701 g/mol. The van der Waals surface area contributed by atoms with Crippen LogP contribution < -0.4 is 10.4 Å². The number of nitrogens with zero attached hydrogens (tertiary/aromatic N) is 1. The first-order chi connectivity index (χ1) is 26.5. The van der Waals surface area contributed by atoms with Crippen LogP contribution in [0.5, 0.6) is 5.75 Å². The summed E-state index contributed by atoms with van der Waals surface area (Å²) in [6, 6.07) is 38.4. The molecule has 2 saturated heterocycles. The summed E-state index contributed by atoms with van der Waals surface area (Å²) in [6.45, 7) is 9.42. The molecule has 284 valence electrons. The number of allylic oxidation sites excluding steroid dienone is 1. The van der Waals surface area contributed by atoms with Crippen LogP contribution in [0.3, 0.4) is 0 Å². The number of carbonyl (C=O) groups excluding carboxylic acids is 2. The molecule has 0 spiro atoms. The van der Waals surface area contributed by atoms with Gasteiger partial charge in [-0.15, -0.1) is 0 Å². The summed E-state index contributed by atoms with van der Waals surface area (Å²) in [7, 11) is -4.05. The van der Waals surface area contributed by atoms with Gasteiger partial charge in [0.05, 0.1) is 24.5 Å². The summed E-state index contributed by atoms with van der Waals surface area (Å²) in [4.78, 5) is 29.6. The highest BCUT2D eigenvalue weighted by atomic mass is 28.4. The van der Waals surface area contributed by atoms with Gasteiger partial charge in [-0.1, -0.05) is 137 Å². The number of fused-ring (bicyclic) bond motifs is 3. The molecule has 0 aromatic heterocycles. The number of aromatic hydroxyl groups is 1. The molecule has 2 fully saturated rings. The number of carbonyl (C=O) groups is 2. The van der Waals surface area contributed by atoms with E-state index in [1.807, 2.05) is 61.5 Å². The molecule has 3 aliphatic rings. The van der Waals surface area contributed by atoms with E-state index in [9.17, 15) is 19.7 Å². The first-order valence-electron chi connectivity index (χ1n) is 19.7. The number of imide groups is 1. The predicted molar refractivity (Wildman–Crippen MR) is 222 cm³/mol. The van der Waals surface area contributed by atoms with E-state index in [4.69, 9.17) is 9.08 Å². The number of likely N-dealkylation sites (tertiary alicyclic amines) is 1. The van der Waals surface area contributed by atoms with Gasteiger partial charge in [0.2, 0.25) is 11.8 Å². The van der Waals surface area contributed by atoms with Crippen LogP contribution in [-0.2, 0) is 18.7 Å². The van der Waals surface area contributed by atoms with Crippen molar-refractivity contribution < 1.29 is 28.8 Å². The van der Waals surface area contributed by atoms with Crippen LogP contribution in [0.25, 0.3) is 11.6 Å². The molecule has 1 aliphatic carbocycles. The van der Waals surface area contributed by atoms with Gasteiger partial charge < -0.3 is 19.2 Å². The van der Waals surface area contributed by atoms with Crippen molar-refractivity contribution in [1.29, 1.82) is 0 Å². The molecule has 0 radical (unpaired) electrons. The average Bonchev–Trinajstić information content (AvgIpc) is 3.42. The Labute approximate surface area is 327 Å². The zero-order valence-electron chi connectivity index (χ0n) is 32.4. The van der Waals surface area contributed by atoms with Crippen LogP contribution >= 0.6 is 0 Å². The monoisotopic (exact) mass is 753 g/mol. The van der Waals surface area contributed by atoms with Gasteiger partial charge in [0.15, 0.2) is 0 Å². The summed E-state index contributed by atoms with van der Waals surface area (Å²) in [5, 5.41) is 24.1. The number of hydrogen-bond acceptors (Lipinski definition) is 6. The second-order valence-electron chi connectivity index (χ2n) is 16.2. The lowest BCUT2D eigenvalue weighted by Gasteiger charge is -2.46. The van der Waals surface area contributed by atoms with E-state index in [2.05, 4.69) is 81.4 Å². The minimum absolute atomic E-state index is 0.117. The van der Waals surface area contributed by atoms with Gasteiger partial charge in [0, 0.05) is 12.1 Å². The normalized spacial score (nSPS) is 21.9. The van der Waals surface area contributed by atoms with Crippen LogP contribution in [0.2, 0.25) is 11.4 Å². The van der Waals surface area contributed by atoms with Gasteiger partial charge in [-0.3, -0.25) is 14.5 Å². The van der Waals surface area contributed by atoms with Crippen molar-refractivity contribution in [3.8, 4) is 5.75 Å². The maximum Gasteiger partial charge on any atom is 0.455 e. The average molecular weight is 754 g/mol. The molecule has 0 unspecified atom stereocenters. The van der Waals surface area contributed by atoms with Crippen molar-refractivity contribution in [1.82, 2.24) is 4.90 Å². The standard InChI is InChI=1S/C46H52BNO6Si/c1-5-27-48-44(50)38-29-35(31-53-55(46(2,3)4,36-20-11-7-12-21-36)37-22-13-8-14-23-37)42-39(43(38)45(48)51)30-47(52)54-41(42)26-25-33(32-17-9-6-10-18-32)28-34-19-15-16-24-40(34)49/h6-24,28,38-39,41,43,49,52H,5,25-27,29-31H2,1-4H3/b33-28-/t38-,39+,41-,43-/m1/s1. The smallest absolute Gasteiger partial charge is 0.455 e. The Bertz CT molecular complexity index is 2010. The first kappa shape index (κ1) is 38.7. The Morgan fingerprint density at radius 3 is 2.07 bits per heavy atom. The van der Waals surface area contributed by atoms with Crippen LogP contribution in [0, 0.1) is 17.8 Å². The highest BCUT2D eigenvalue weighted by Gasteiger charge is 2.58. The number of amides is 2. The Morgan fingerprint density at radius 1 is 0.873 bits per heavy atom. The molecule has 2 amide bonds. The quantitative estimate of drug-likeness (QED) is 0.0674. The molecule has 55 heavy (non-hydrogen) atoms. The van der Waals surface area contributed by atoms with Gasteiger partial charge >= 0.3 is 7.12 Å². The molecule has 7 rings (SSSR count). The van der Waals surface area contributed by atoms with E-state index in [1.54, 1.807) is 6.07 Å². The summed E-state index contributed by atoms with van der Waals surface area (Å²) < 4.78 is 14.0. The lowest BCUT2D eigenvalue weighted by atomic mass is 9.58. The molecule has 9 heteroatoms. The maximum atomic E-state index is 14.1. The molecule has 0 saturated carbocycles. The number of hydrogen-bond donors (Lipinski definition) is 2. The van der Waals surface area contributed by atoms with Crippen molar-refractivity contribution in [3.05, 3.63) is 138 Å². The van der Waals surface area contributed by atoms with Gasteiger partial charge in [0.25, 0.3) is 8.32 Å². The third kappa shape index (κ3) is 7.55. The van der Waals surface area contributed by atoms with Crippen molar-refractivity contribution in [2.24, 2.45) is 17.8 Å². The Balaban J connectivity index is 1.32. The number of phenolic OH excluding ortho intramolecular Hbond substituents is 1. The molecule has 4 aromatic rings. The van der Waals surface area contributed by atoms with Crippen LogP contribution in [0.1, 0.15) is 64.5 Å². The number of para-hydroxylation sites is 1. The third-order valence-corrected chi connectivity index (χ3v) is 16.8. The Kier molecular flexibility index (Phi) is 11.5. The van der Waals surface area contributed by atoms with Crippen molar-refractivity contribution in [2.75, 3.05) is 13.2 Å². The number of benzene rings is 4. The zero-order chi connectivity index (χ0) is 38.7. The third-order valence-electron chi connectivity index (χ3n) is 11.8. The van der Waals surface area contributed by atoms with E-state index >= 15 is 0 Å². The minimum Gasteiger partial charge on any atom is -0.507 e. The molecule has 0 bridgehead atoms. The molecule has 4 atom stereocenters. The fourth-order valence-electron chi connectivity index (χ4n) is 9.40. The van der Waals surface area contributed by atoms with Crippen LogP contribution in [0.4, 0.5) is 0 Å². The molecular formula is C46H52BNO6Si. The SMILES string of the molecule is CCCN1C(=O)[C@@H]2[C@@H](CC(CO[Si](c3ccccc3)(c3ccccc3)C(C)(C)C)=C3[C@@H](CC/C(=C/c4ccccc4O)c4ccccc4)OB(O)C[C@@H]32)C1=O. The summed E-state index contributed by atoms with van der Waals surface area (Å²) in [5.74, 6) is -1.46. The van der Waals surface area contributed by atoms with E-state index in [-0.39, 0.29) is 41.4 Å². The summed E-state index contributed by atoms with van der Waals surface area (Å²) in [5.41, 5.74) is 4.76. The number of rotatable bonds is 12. The first-order valence-corrected chi connectivity index (χ1v) is 21.6. The highest BCUT2D eigenvalue weighted by Crippen LogP contribution is 2.51. The fourth-order valence-corrected chi connectivity index (χ4v) is 13.9. The van der Waals surface area contributed by atoms with Crippen molar-refractivity contribution >= 4 is 49.3 Å². The lowest BCUT2D eigenvalue weighted by molar-refractivity contribution is -0.140. The van der Waals surface area contributed by atoms with E-state index < -0.39 is 33.4 Å². The molecule has 7 nitrogen and oxygen atoms in total. The van der Waals surface area contributed by atoms with Crippen molar-refractivity contribution in [2.45, 2.75) is 70.8 Å². The fraction of sp³-hybridized carbons (Fsp3) is 0.348. The molecule has 2 aliphatic heterocycles. The second kappa shape index (κ2) is 16.3. The van der Waals surface area contributed by atoms with E-state index in [0.717, 1.165) is 22.3 Å². The predicted octanol–water partition coefficient (Wildman–Crippen LogP) is 7.50. The van der Waals surface area contributed by atoms with E-state index in [0.29, 0.717) is 37.8 Å². The van der Waals surface area contributed by atoms with Gasteiger partial charge in [-0.05, 0) is 87.8 Å². The Morgan fingerprint density at radius 2 is 1.47 bits per heavy atom. The molecule has 2 N–H and O–H groups in total. The topological polar surface area (TPSA) is 96.3 Å². The Hall–Kier alpha value is -4.54. The van der Waals surface area contributed by atoms with Crippen LogP contribution in [-0.4, -0.2) is 61.5 Å². The van der Waals surface area contributed by atoms with Gasteiger partial charge in [-0.25, -0.2) is 0 Å². The molecule has 2 heterocycles. The maximum absolute atomic E-state index is 14.1. The minimum atomic E-state index is -2.96. The highest BCUT2D eigenvalue weighted by molar-refractivity contribution is 6.99. The summed E-state index contributed by atoms with van der Waals surface area (Å²) >= 11 is 0. The largest absolute Gasteiger partial charge is 0.507 e. The summed E-state index contributed by atoms with van der Waals surface area (Å²) in [6.07, 6.45) is 3.96. The second-order valence-corrected chi connectivity index (χ2v) is 20.5. The zero-order valence-corrected chi connectivity index (χ0v) is 33.4.